The molecule has 134 valence electrons. The van der Waals surface area contributed by atoms with Crippen molar-refractivity contribution >= 4 is 44.2 Å². The van der Waals surface area contributed by atoms with Crippen molar-refractivity contribution in [3.63, 3.8) is 0 Å². The number of halogens is 1. The van der Waals surface area contributed by atoms with Gasteiger partial charge in [0.05, 0.1) is 18.1 Å². The number of hydrogen-bond acceptors (Lipinski definition) is 4. The molecule has 0 aliphatic carbocycles. The maximum atomic E-state index is 13.8. The number of aryl methyl sites for hydroxylation is 1. The van der Waals surface area contributed by atoms with E-state index in [4.69, 9.17) is 12.2 Å². The van der Waals surface area contributed by atoms with Crippen LogP contribution < -0.4 is 5.32 Å². The summed E-state index contributed by atoms with van der Waals surface area (Å²) in [6.07, 6.45) is 0.553. The zero-order chi connectivity index (χ0) is 18.0. The molecule has 0 radical (unpaired) electrons. The Kier molecular flexibility index (Phi) is 5.41. The molecule has 1 N–H and O–H groups in total. The van der Waals surface area contributed by atoms with Gasteiger partial charge in [0.1, 0.15) is 5.82 Å². The van der Waals surface area contributed by atoms with Gasteiger partial charge < -0.3 is 10.2 Å². The van der Waals surface area contributed by atoms with E-state index in [-0.39, 0.29) is 23.4 Å². The molecular formula is C17H19FN2O2S3. The first-order valence-corrected chi connectivity index (χ1v) is 11.0. The van der Waals surface area contributed by atoms with Crippen LogP contribution in [0.15, 0.2) is 35.7 Å². The monoisotopic (exact) mass is 398 g/mol. The van der Waals surface area contributed by atoms with E-state index in [1.165, 1.54) is 6.07 Å². The Morgan fingerprint density at radius 1 is 1.44 bits per heavy atom. The van der Waals surface area contributed by atoms with Crippen molar-refractivity contribution in [2.45, 2.75) is 25.9 Å². The largest absolute Gasteiger partial charge is 0.340 e. The van der Waals surface area contributed by atoms with E-state index in [2.05, 4.69) is 5.32 Å². The summed E-state index contributed by atoms with van der Waals surface area (Å²) < 4.78 is 37.5. The predicted octanol–water partition coefficient (Wildman–Crippen LogP) is 3.58. The molecule has 0 amide bonds. The number of rotatable bonds is 4. The molecule has 1 aromatic carbocycles. The highest BCUT2D eigenvalue weighted by Crippen LogP contribution is 2.23. The first-order valence-electron chi connectivity index (χ1n) is 7.91. The Labute approximate surface area is 156 Å². The molecule has 8 heteroatoms. The van der Waals surface area contributed by atoms with Gasteiger partial charge in [-0.25, -0.2) is 12.8 Å². The van der Waals surface area contributed by atoms with Crippen LogP contribution in [0.3, 0.4) is 0 Å². The van der Waals surface area contributed by atoms with E-state index < -0.39 is 9.84 Å². The van der Waals surface area contributed by atoms with Gasteiger partial charge in [-0.05, 0) is 54.7 Å². The SMILES string of the molecule is Cc1ccc(NC(=S)N(Cc2cccs2)[C@H]2CCS(=O)(=O)C2)cc1F. The molecule has 0 spiro atoms. The van der Waals surface area contributed by atoms with E-state index in [1.54, 1.807) is 30.4 Å². The van der Waals surface area contributed by atoms with Crippen molar-refractivity contribution in [1.29, 1.82) is 0 Å². The van der Waals surface area contributed by atoms with Crippen LogP contribution in [0.2, 0.25) is 0 Å². The number of nitrogens with one attached hydrogen (secondary N) is 1. The maximum Gasteiger partial charge on any atom is 0.174 e. The zero-order valence-electron chi connectivity index (χ0n) is 13.7. The van der Waals surface area contributed by atoms with Gasteiger partial charge in [0.2, 0.25) is 0 Å². The Hall–Kier alpha value is -1.51. The van der Waals surface area contributed by atoms with E-state index >= 15 is 0 Å². The van der Waals surface area contributed by atoms with E-state index in [9.17, 15) is 12.8 Å². The van der Waals surface area contributed by atoms with Crippen molar-refractivity contribution < 1.29 is 12.8 Å². The molecule has 1 aromatic heterocycles. The van der Waals surface area contributed by atoms with Crippen LogP contribution in [-0.4, -0.2) is 36.0 Å². The van der Waals surface area contributed by atoms with Crippen LogP contribution in [0.5, 0.6) is 0 Å². The fourth-order valence-electron chi connectivity index (χ4n) is 2.82. The Balaban J connectivity index is 1.80. The number of benzene rings is 1. The third-order valence-corrected chi connectivity index (χ3v) is 7.19. The highest BCUT2D eigenvalue weighted by Gasteiger charge is 2.33. The summed E-state index contributed by atoms with van der Waals surface area (Å²) in [5.74, 6) is -0.0240. The van der Waals surface area contributed by atoms with Crippen LogP contribution in [-0.2, 0) is 16.4 Å². The summed E-state index contributed by atoms with van der Waals surface area (Å²) in [4.78, 5) is 3.01. The molecule has 0 saturated carbocycles. The van der Waals surface area contributed by atoms with Crippen molar-refractivity contribution in [2.75, 3.05) is 16.8 Å². The highest BCUT2D eigenvalue weighted by atomic mass is 32.2. The van der Waals surface area contributed by atoms with Gasteiger partial charge in [-0.2, -0.15) is 0 Å². The second kappa shape index (κ2) is 7.39. The predicted molar refractivity (Wildman–Crippen MR) is 104 cm³/mol. The zero-order valence-corrected chi connectivity index (χ0v) is 16.2. The molecule has 3 rings (SSSR count). The number of hydrogen-bond donors (Lipinski definition) is 1. The number of sulfone groups is 1. The van der Waals surface area contributed by atoms with E-state index in [0.29, 0.717) is 29.3 Å². The standard InChI is InChI=1S/C17H19FN2O2S3/c1-12-4-5-13(9-16(12)18)19-17(23)20(10-15-3-2-7-24-15)14-6-8-25(21,22)11-14/h2-5,7,9,14H,6,8,10-11H2,1H3,(H,19,23)/t14-/m0/s1. The Morgan fingerprint density at radius 3 is 2.84 bits per heavy atom. The van der Waals surface area contributed by atoms with Gasteiger partial charge in [-0.1, -0.05) is 12.1 Å². The molecule has 25 heavy (non-hydrogen) atoms. The van der Waals surface area contributed by atoms with Gasteiger partial charge in [0.25, 0.3) is 0 Å². The van der Waals surface area contributed by atoms with Gasteiger partial charge in [0.15, 0.2) is 14.9 Å². The summed E-state index contributed by atoms with van der Waals surface area (Å²) in [6.45, 7) is 2.24. The van der Waals surface area contributed by atoms with Crippen LogP contribution >= 0.6 is 23.6 Å². The molecule has 1 aliphatic heterocycles. The third-order valence-electron chi connectivity index (χ3n) is 4.24. The molecule has 4 nitrogen and oxygen atoms in total. The van der Waals surface area contributed by atoms with Crippen LogP contribution in [0.4, 0.5) is 10.1 Å². The number of nitrogens with zero attached hydrogens (tertiary/aromatic N) is 1. The minimum atomic E-state index is -3.02. The average Bonchev–Trinajstić information content (AvgIpc) is 3.17. The first kappa shape index (κ1) is 18.3. The summed E-state index contributed by atoms with van der Waals surface area (Å²) in [5, 5.41) is 5.45. The fraction of sp³-hybridized carbons (Fsp3) is 0.353. The average molecular weight is 399 g/mol. The lowest BCUT2D eigenvalue weighted by Gasteiger charge is -2.30. The minimum absolute atomic E-state index is 0.0997. The smallest absolute Gasteiger partial charge is 0.174 e. The lowest BCUT2D eigenvalue weighted by atomic mass is 10.2. The third kappa shape index (κ3) is 4.56. The van der Waals surface area contributed by atoms with Gasteiger partial charge >= 0.3 is 0 Å². The number of anilines is 1. The fourth-order valence-corrected chi connectivity index (χ4v) is 5.59. The molecule has 2 aromatic rings. The molecule has 1 atom stereocenters. The molecule has 1 fully saturated rings. The van der Waals surface area contributed by atoms with E-state index in [0.717, 1.165) is 4.88 Å². The summed E-state index contributed by atoms with van der Waals surface area (Å²) in [5.41, 5.74) is 1.12. The maximum absolute atomic E-state index is 13.8. The lowest BCUT2D eigenvalue weighted by Crippen LogP contribution is -2.42. The Morgan fingerprint density at radius 2 is 2.24 bits per heavy atom. The summed E-state index contributed by atoms with van der Waals surface area (Å²) >= 11 is 7.12. The van der Waals surface area contributed by atoms with E-state index in [1.807, 2.05) is 22.4 Å². The van der Waals surface area contributed by atoms with Gasteiger partial charge in [0, 0.05) is 16.6 Å². The van der Waals surface area contributed by atoms with Crippen LogP contribution in [0, 0.1) is 12.7 Å². The van der Waals surface area contributed by atoms with Crippen molar-refractivity contribution in [3.05, 3.63) is 52.0 Å². The summed E-state index contributed by atoms with van der Waals surface area (Å²) in [7, 11) is -3.02. The first-order chi connectivity index (χ1) is 11.8. The molecule has 1 aliphatic rings. The van der Waals surface area contributed by atoms with Gasteiger partial charge in [-0.15, -0.1) is 11.3 Å². The molecular weight excluding hydrogens is 379 g/mol. The Bertz CT molecular complexity index is 866. The van der Waals surface area contributed by atoms with Crippen molar-refractivity contribution in [2.24, 2.45) is 0 Å². The number of thiophene rings is 1. The molecule has 2 heterocycles. The summed E-state index contributed by atoms with van der Waals surface area (Å²) in [6, 6.07) is 8.63. The van der Waals surface area contributed by atoms with Gasteiger partial charge in [-0.3, -0.25) is 0 Å². The van der Waals surface area contributed by atoms with Crippen molar-refractivity contribution in [1.82, 2.24) is 4.90 Å². The quantitative estimate of drug-likeness (QED) is 0.798. The second-order valence-electron chi connectivity index (χ2n) is 6.16. The molecule has 0 unspecified atom stereocenters. The highest BCUT2D eigenvalue weighted by molar-refractivity contribution is 7.91. The van der Waals surface area contributed by atoms with Crippen LogP contribution in [0.1, 0.15) is 16.9 Å². The van der Waals surface area contributed by atoms with Crippen LogP contribution in [0.25, 0.3) is 0 Å². The lowest BCUT2D eigenvalue weighted by molar-refractivity contribution is 0.335. The number of thiocarbonyl (C=S) groups is 1. The minimum Gasteiger partial charge on any atom is -0.340 e. The second-order valence-corrected chi connectivity index (χ2v) is 9.81. The molecule has 1 saturated heterocycles. The topological polar surface area (TPSA) is 49.4 Å². The van der Waals surface area contributed by atoms with Crippen molar-refractivity contribution in [3.8, 4) is 0 Å². The molecule has 0 bridgehead atoms. The normalized spacial score (nSPS) is 18.9.